The summed E-state index contributed by atoms with van der Waals surface area (Å²) < 4.78 is 10.3. The van der Waals surface area contributed by atoms with Gasteiger partial charge in [-0.1, -0.05) is 0 Å². The maximum Gasteiger partial charge on any atom is 0.314 e. The molecule has 1 fully saturated rings. The van der Waals surface area contributed by atoms with Gasteiger partial charge in [-0.05, 0) is 58.9 Å². The molecular weight excluding hydrogens is 294 g/mol. The maximum atomic E-state index is 12.0. The molecule has 0 aromatic rings. The summed E-state index contributed by atoms with van der Waals surface area (Å²) in [6.07, 6.45) is 2.71. The third-order valence-corrected chi connectivity index (χ3v) is 3.68. The van der Waals surface area contributed by atoms with Crippen molar-refractivity contribution in [1.29, 1.82) is 0 Å². The average Bonchev–Trinajstić information content (AvgIpc) is 2.37. The lowest BCUT2D eigenvalue weighted by Crippen LogP contribution is -2.32. The Morgan fingerprint density at radius 1 is 1.14 bits per heavy atom. The molecule has 0 radical (unpaired) electrons. The van der Waals surface area contributed by atoms with Gasteiger partial charge in [0.05, 0.1) is 11.3 Å². The van der Waals surface area contributed by atoms with Crippen molar-refractivity contribution < 1.29 is 19.1 Å². The highest BCUT2D eigenvalue weighted by molar-refractivity contribution is 5.85. The van der Waals surface area contributed by atoms with Gasteiger partial charge in [-0.2, -0.15) is 0 Å². The number of esters is 2. The zero-order chi connectivity index (χ0) is 15.3. The molecule has 0 aromatic heterocycles. The summed E-state index contributed by atoms with van der Waals surface area (Å²) in [5.41, 5.74) is 5.03. The molecule has 0 aliphatic heterocycles. The highest BCUT2D eigenvalue weighted by Crippen LogP contribution is 2.29. The number of carbonyl (C=O) groups is 2. The molecule has 5 nitrogen and oxygen atoms in total. The zero-order valence-electron chi connectivity index (χ0n) is 13.4. The molecule has 1 unspecified atom stereocenters. The summed E-state index contributed by atoms with van der Waals surface area (Å²) in [6.45, 7) is 7.54. The summed E-state index contributed by atoms with van der Waals surface area (Å²) in [5.74, 6) is -0.205. The molecule has 0 aromatic carbocycles. The quantitative estimate of drug-likeness (QED) is 0.636. The van der Waals surface area contributed by atoms with Gasteiger partial charge in [-0.25, -0.2) is 0 Å². The van der Waals surface area contributed by atoms with E-state index in [1.165, 1.54) is 0 Å². The van der Waals surface area contributed by atoms with Gasteiger partial charge in [0.15, 0.2) is 0 Å². The van der Waals surface area contributed by atoms with Crippen LogP contribution in [0.4, 0.5) is 0 Å². The molecule has 124 valence electrons. The Labute approximate surface area is 133 Å². The number of hydrogen-bond donors (Lipinski definition) is 1. The predicted octanol–water partition coefficient (Wildman–Crippen LogP) is 2.65. The first-order valence-electron chi connectivity index (χ1n) is 7.35. The van der Waals surface area contributed by atoms with Gasteiger partial charge in [0, 0.05) is 6.92 Å². The number of rotatable bonds is 4. The summed E-state index contributed by atoms with van der Waals surface area (Å²) >= 11 is 0. The molecule has 1 rings (SSSR count). The van der Waals surface area contributed by atoms with Crippen molar-refractivity contribution in [3.63, 3.8) is 0 Å². The first-order valence-corrected chi connectivity index (χ1v) is 7.35. The van der Waals surface area contributed by atoms with Crippen LogP contribution in [-0.4, -0.2) is 24.8 Å². The van der Waals surface area contributed by atoms with E-state index in [4.69, 9.17) is 15.2 Å². The van der Waals surface area contributed by atoms with Crippen LogP contribution in [0.25, 0.3) is 0 Å². The van der Waals surface area contributed by atoms with Crippen molar-refractivity contribution in [3.05, 3.63) is 0 Å². The van der Waals surface area contributed by atoms with E-state index in [-0.39, 0.29) is 30.3 Å². The number of carbonyl (C=O) groups excluding carboxylic acids is 2. The Bertz CT molecular complexity index is 346. The Morgan fingerprint density at radius 2 is 1.67 bits per heavy atom. The lowest BCUT2D eigenvalue weighted by molar-refractivity contribution is -0.193. The Morgan fingerprint density at radius 3 is 2.10 bits per heavy atom. The van der Waals surface area contributed by atoms with Crippen LogP contribution >= 0.6 is 12.4 Å². The van der Waals surface area contributed by atoms with Crippen LogP contribution in [0.15, 0.2) is 0 Å². The lowest BCUT2D eigenvalue weighted by atomic mass is 9.82. The van der Waals surface area contributed by atoms with Gasteiger partial charge in [0.1, 0.15) is 0 Å². The maximum absolute atomic E-state index is 12.0. The Balaban J connectivity index is 0.00000400. The molecule has 2 N–H and O–H groups in total. The minimum atomic E-state index is -0.832. The van der Waals surface area contributed by atoms with Crippen molar-refractivity contribution in [2.75, 3.05) is 6.54 Å². The van der Waals surface area contributed by atoms with E-state index >= 15 is 0 Å². The third-order valence-electron chi connectivity index (χ3n) is 3.68. The van der Waals surface area contributed by atoms with Crippen LogP contribution < -0.4 is 5.73 Å². The largest absolute Gasteiger partial charge is 0.425 e. The SMILES string of the molecule is CC(OC(=O)C(C)(C)C)OC(=O)[C@H]1CC[C@H](CN)CC1.Cl. The molecule has 0 saturated heterocycles. The van der Waals surface area contributed by atoms with E-state index in [2.05, 4.69) is 0 Å². The van der Waals surface area contributed by atoms with Crippen LogP contribution in [-0.2, 0) is 19.1 Å². The van der Waals surface area contributed by atoms with Gasteiger partial charge in [-0.15, -0.1) is 12.4 Å². The fraction of sp³-hybridized carbons (Fsp3) is 0.867. The van der Waals surface area contributed by atoms with Crippen molar-refractivity contribution in [2.45, 2.75) is 59.7 Å². The average molecular weight is 322 g/mol. The van der Waals surface area contributed by atoms with Crippen LogP contribution in [0.5, 0.6) is 0 Å². The molecule has 6 heteroatoms. The molecule has 1 aliphatic carbocycles. The first kappa shape index (κ1) is 20.2. The van der Waals surface area contributed by atoms with E-state index in [1.54, 1.807) is 27.7 Å². The second kappa shape index (κ2) is 8.59. The van der Waals surface area contributed by atoms with Crippen molar-refractivity contribution in [3.8, 4) is 0 Å². The summed E-state index contributed by atoms with van der Waals surface area (Å²) in [7, 11) is 0. The fourth-order valence-corrected chi connectivity index (χ4v) is 2.25. The normalized spacial score (nSPS) is 23.7. The second-order valence-corrected chi connectivity index (χ2v) is 6.61. The summed E-state index contributed by atoms with van der Waals surface area (Å²) in [6, 6.07) is 0. The van der Waals surface area contributed by atoms with E-state index in [0.29, 0.717) is 12.5 Å². The number of hydrogen-bond acceptors (Lipinski definition) is 5. The van der Waals surface area contributed by atoms with Crippen molar-refractivity contribution in [1.82, 2.24) is 0 Å². The molecule has 21 heavy (non-hydrogen) atoms. The fourth-order valence-electron chi connectivity index (χ4n) is 2.25. The van der Waals surface area contributed by atoms with Gasteiger partial charge >= 0.3 is 11.9 Å². The Hall–Kier alpha value is -0.810. The van der Waals surface area contributed by atoms with E-state index in [9.17, 15) is 9.59 Å². The molecule has 0 bridgehead atoms. The minimum Gasteiger partial charge on any atom is -0.425 e. The van der Waals surface area contributed by atoms with E-state index in [0.717, 1.165) is 25.7 Å². The predicted molar refractivity (Wildman–Crippen MR) is 82.9 cm³/mol. The highest BCUT2D eigenvalue weighted by atomic mass is 35.5. The third kappa shape index (κ3) is 6.66. The molecular formula is C15H28ClNO4. The van der Waals surface area contributed by atoms with Gasteiger partial charge in [-0.3, -0.25) is 9.59 Å². The van der Waals surface area contributed by atoms with Gasteiger partial charge in [0.25, 0.3) is 0 Å². The molecule has 0 amide bonds. The van der Waals surface area contributed by atoms with E-state index in [1.807, 2.05) is 0 Å². The standard InChI is InChI=1S/C15H27NO4.ClH/c1-10(20-14(18)15(2,3)4)19-13(17)12-7-5-11(9-16)6-8-12;/h10-12H,5-9,16H2,1-4H3;1H/t10?,11-,12-;. The molecule has 1 saturated carbocycles. The molecule has 1 aliphatic rings. The van der Waals surface area contributed by atoms with Gasteiger partial charge < -0.3 is 15.2 Å². The lowest BCUT2D eigenvalue weighted by Gasteiger charge is -2.27. The number of nitrogens with two attached hydrogens (primary N) is 1. The minimum absolute atomic E-state index is 0. The van der Waals surface area contributed by atoms with Crippen molar-refractivity contribution >= 4 is 24.3 Å². The van der Waals surface area contributed by atoms with Crippen LogP contribution in [0.1, 0.15) is 53.4 Å². The number of halogens is 1. The highest BCUT2D eigenvalue weighted by Gasteiger charge is 2.30. The Kier molecular flexibility index (Phi) is 8.26. The summed E-state index contributed by atoms with van der Waals surface area (Å²) in [5, 5.41) is 0. The topological polar surface area (TPSA) is 78.6 Å². The van der Waals surface area contributed by atoms with Gasteiger partial charge in [0.2, 0.25) is 6.29 Å². The van der Waals surface area contributed by atoms with Crippen LogP contribution in [0, 0.1) is 17.3 Å². The van der Waals surface area contributed by atoms with E-state index < -0.39 is 11.7 Å². The molecule has 1 atom stereocenters. The monoisotopic (exact) mass is 321 g/mol. The van der Waals surface area contributed by atoms with Crippen LogP contribution in [0.2, 0.25) is 0 Å². The first-order chi connectivity index (χ1) is 9.24. The smallest absolute Gasteiger partial charge is 0.314 e. The summed E-state index contributed by atoms with van der Waals surface area (Å²) in [4.78, 5) is 23.7. The number of ether oxygens (including phenoxy) is 2. The molecule has 0 heterocycles. The second-order valence-electron chi connectivity index (χ2n) is 6.61. The molecule has 0 spiro atoms. The van der Waals surface area contributed by atoms with Crippen molar-refractivity contribution in [2.24, 2.45) is 23.0 Å². The van der Waals surface area contributed by atoms with Crippen LogP contribution in [0.3, 0.4) is 0 Å². The zero-order valence-corrected chi connectivity index (χ0v) is 14.2.